The number of hydrogen-bond donors (Lipinski definition) is 2. The van der Waals surface area contributed by atoms with Crippen LogP contribution in [-0.2, 0) is 0 Å². The molecule has 1 saturated heterocycles. The Morgan fingerprint density at radius 3 is 2.76 bits per heavy atom. The fourth-order valence-corrected chi connectivity index (χ4v) is 3.86. The molecule has 0 radical (unpaired) electrons. The number of aromatic amines is 1. The van der Waals surface area contributed by atoms with Crippen LogP contribution in [0.4, 0.5) is 10.5 Å². The lowest BCUT2D eigenvalue weighted by atomic mass is 9.97. The third kappa shape index (κ3) is 5.21. The molecule has 5 rings (SSSR count). The molecule has 0 aliphatic carbocycles. The number of ether oxygens (including phenoxy) is 2. The normalized spacial score (nSPS) is 13.5. The molecular weight excluding hydrogens is 440 g/mol. The molecule has 4 aromatic rings. The minimum Gasteiger partial charge on any atom is -0.493 e. The van der Waals surface area contributed by atoms with Gasteiger partial charge < -0.3 is 24.7 Å². The van der Waals surface area contributed by atoms with Crippen molar-refractivity contribution >= 4 is 34.4 Å². The second-order valence-corrected chi connectivity index (χ2v) is 8.45. The van der Waals surface area contributed by atoms with E-state index in [-0.39, 0.29) is 6.03 Å². The van der Waals surface area contributed by atoms with Crippen LogP contribution in [0, 0.1) is 5.92 Å². The molecule has 3 heterocycles. The number of nitrogens with zero attached hydrogens (tertiary/aromatic N) is 2. The van der Waals surface area contributed by atoms with Gasteiger partial charge in [-0.05, 0) is 60.9 Å². The monoisotopic (exact) mass is 462 g/mol. The highest BCUT2D eigenvalue weighted by Crippen LogP contribution is 2.27. The van der Waals surface area contributed by atoms with Crippen LogP contribution in [0.15, 0.2) is 73.1 Å². The number of hydrogen-bond acceptors (Lipinski definition) is 4. The summed E-state index contributed by atoms with van der Waals surface area (Å²) in [7, 11) is 0. The van der Waals surface area contributed by atoms with E-state index in [1.165, 1.54) is 0 Å². The molecule has 168 valence electrons. The van der Waals surface area contributed by atoms with Crippen molar-refractivity contribution in [3.05, 3.63) is 78.1 Å². The van der Waals surface area contributed by atoms with Crippen LogP contribution in [-0.4, -0.2) is 40.6 Å². The second-order valence-electron chi connectivity index (χ2n) is 8.01. The van der Waals surface area contributed by atoms with Crippen LogP contribution < -0.4 is 14.8 Å². The third-order valence-electron chi connectivity index (χ3n) is 5.55. The van der Waals surface area contributed by atoms with E-state index in [1.54, 1.807) is 23.2 Å². The Morgan fingerprint density at radius 2 is 1.91 bits per heavy atom. The molecule has 0 atom stereocenters. The summed E-state index contributed by atoms with van der Waals surface area (Å²) in [6.45, 7) is 2.02. The summed E-state index contributed by atoms with van der Waals surface area (Å²) in [5.74, 6) is 2.60. The predicted octanol–water partition coefficient (Wildman–Crippen LogP) is 5.94. The Balaban J connectivity index is 1.05. The first-order valence-electron chi connectivity index (χ1n) is 10.8. The Kier molecular flexibility index (Phi) is 6.04. The summed E-state index contributed by atoms with van der Waals surface area (Å²) >= 11 is 5.91. The number of fused-ring (bicyclic) bond motifs is 1. The van der Waals surface area contributed by atoms with Gasteiger partial charge in [0.05, 0.1) is 18.5 Å². The van der Waals surface area contributed by atoms with Crippen molar-refractivity contribution in [1.29, 1.82) is 0 Å². The molecule has 0 bridgehead atoms. The van der Waals surface area contributed by atoms with E-state index in [1.807, 2.05) is 54.7 Å². The molecule has 0 saturated carbocycles. The molecule has 2 N–H and O–H groups in total. The van der Waals surface area contributed by atoms with Gasteiger partial charge in [-0.3, -0.25) is 0 Å². The van der Waals surface area contributed by atoms with Gasteiger partial charge in [-0.2, -0.15) is 0 Å². The number of amides is 2. The number of carbonyl (C=O) groups excluding carboxylic acids is 1. The Bertz CT molecular complexity index is 1250. The van der Waals surface area contributed by atoms with E-state index in [2.05, 4.69) is 15.3 Å². The summed E-state index contributed by atoms with van der Waals surface area (Å²) < 4.78 is 11.7. The lowest BCUT2D eigenvalue weighted by Crippen LogP contribution is -2.52. The fraction of sp³-hybridized carbons (Fsp3) is 0.200. The van der Waals surface area contributed by atoms with Crippen molar-refractivity contribution in [3.8, 4) is 17.2 Å². The smallest absolute Gasteiger partial charge is 0.321 e. The average molecular weight is 463 g/mol. The Labute approximate surface area is 196 Å². The Morgan fingerprint density at radius 1 is 1.09 bits per heavy atom. The maximum absolute atomic E-state index is 12.4. The number of anilines is 1. The number of carbonyl (C=O) groups is 1. The first kappa shape index (κ1) is 21.2. The molecule has 2 aromatic heterocycles. The van der Waals surface area contributed by atoms with Gasteiger partial charge in [0.1, 0.15) is 22.9 Å². The zero-order valence-electron chi connectivity index (χ0n) is 17.8. The van der Waals surface area contributed by atoms with Gasteiger partial charge in [-0.25, -0.2) is 9.78 Å². The highest BCUT2D eigenvalue weighted by atomic mass is 35.5. The first-order chi connectivity index (χ1) is 16.1. The third-order valence-corrected chi connectivity index (χ3v) is 5.80. The number of benzene rings is 2. The van der Waals surface area contributed by atoms with Gasteiger partial charge in [-0.15, -0.1) is 0 Å². The lowest BCUT2D eigenvalue weighted by molar-refractivity contribution is 0.113. The van der Waals surface area contributed by atoms with Crippen LogP contribution in [0.1, 0.15) is 6.42 Å². The van der Waals surface area contributed by atoms with Gasteiger partial charge in [0.25, 0.3) is 0 Å². The highest BCUT2D eigenvalue weighted by molar-refractivity contribution is 6.30. The molecule has 7 nitrogen and oxygen atoms in total. The molecule has 1 aliphatic rings. The van der Waals surface area contributed by atoms with Crippen LogP contribution >= 0.6 is 11.6 Å². The number of urea groups is 1. The maximum Gasteiger partial charge on any atom is 0.321 e. The average Bonchev–Trinajstić information content (AvgIpc) is 3.25. The molecule has 2 amide bonds. The SMILES string of the molecule is O=C(Nc1cnc2[nH]ccc2c1)N1CC(CCOc2cccc(Oc3ccc(Cl)cc3)c2)C1. The van der Waals surface area contributed by atoms with Crippen molar-refractivity contribution in [2.24, 2.45) is 5.92 Å². The van der Waals surface area contributed by atoms with Gasteiger partial charge in [0, 0.05) is 35.8 Å². The van der Waals surface area contributed by atoms with Crippen molar-refractivity contribution in [3.63, 3.8) is 0 Å². The van der Waals surface area contributed by atoms with E-state index < -0.39 is 0 Å². The summed E-state index contributed by atoms with van der Waals surface area (Å²) in [5, 5.41) is 4.55. The van der Waals surface area contributed by atoms with Gasteiger partial charge in [0.2, 0.25) is 0 Å². The van der Waals surface area contributed by atoms with E-state index in [9.17, 15) is 4.79 Å². The second kappa shape index (κ2) is 9.42. The summed E-state index contributed by atoms with van der Waals surface area (Å²) in [5.41, 5.74) is 1.50. The number of likely N-dealkylation sites (tertiary alicyclic amines) is 1. The highest BCUT2D eigenvalue weighted by Gasteiger charge is 2.30. The number of nitrogens with one attached hydrogen (secondary N) is 2. The summed E-state index contributed by atoms with van der Waals surface area (Å²) in [6, 6.07) is 18.5. The van der Waals surface area contributed by atoms with Gasteiger partial charge >= 0.3 is 6.03 Å². The molecular formula is C25H23ClN4O3. The molecule has 1 aliphatic heterocycles. The predicted molar refractivity (Wildman–Crippen MR) is 128 cm³/mol. The number of rotatable bonds is 7. The van der Waals surface area contributed by atoms with Crippen molar-refractivity contribution in [2.75, 3.05) is 25.0 Å². The minimum absolute atomic E-state index is 0.101. The van der Waals surface area contributed by atoms with Gasteiger partial charge in [-0.1, -0.05) is 17.7 Å². The lowest BCUT2D eigenvalue weighted by Gasteiger charge is -2.39. The summed E-state index contributed by atoms with van der Waals surface area (Å²) in [4.78, 5) is 21.6. The molecule has 0 unspecified atom stereocenters. The number of aromatic nitrogens is 2. The number of H-pyrrole nitrogens is 1. The van der Waals surface area contributed by atoms with Crippen LogP contribution in [0.5, 0.6) is 17.2 Å². The maximum atomic E-state index is 12.4. The van der Waals surface area contributed by atoms with Crippen LogP contribution in [0.25, 0.3) is 11.0 Å². The standard InChI is InChI=1S/C25H23ClN4O3/c26-19-4-6-21(7-5-19)33-23-3-1-2-22(13-23)32-11-9-17-15-30(16-17)25(31)29-20-12-18-8-10-27-24(18)28-14-20/h1-8,10,12-14,17H,9,11,15-16H2,(H,27,28)(H,29,31). The Hall–Kier alpha value is -3.71. The topological polar surface area (TPSA) is 79.5 Å². The van der Waals surface area contributed by atoms with E-state index in [0.717, 1.165) is 36.3 Å². The minimum atomic E-state index is -0.101. The molecule has 1 fully saturated rings. The molecule has 2 aromatic carbocycles. The zero-order valence-corrected chi connectivity index (χ0v) is 18.6. The van der Waals surface area contributed by atoms with Crippen molar-refractivity contribution in [2.45, 2.75) is 6.42 Å². The number of halogens is 1. The van der Waals surface area contributed by atoms with Gasteiger partial charge in [0.15, 0.2) is 0 Å². The van der Waals surface area contributed by atoms with E-state index in [4.69, 9.17) is 21.1 Å². The van der Waals surface area contributed by atoms with Crippen LogP contribution in [0.3, 0.4) is 0 Å². The fourth-order valence-electron chi connectivity index (χ4n) is 3.74. The van der Waals surface area contributed by atoms with Crippen molar-refractivity contribution in [1.82, 2.24) is 14.9 Å². The molecule has 8 heteroatoms. The summed E-state index contributed by atoms with van der Waals surface area (Å²) in [6.07, 6.45) is 4.36. The van der Waals surface area contributed by atoms with E-state index in [0.29, 0.717) is 34.7 Å². The quantitative estimate of drug-likeness (QED) is 0.356. The first-order valence-corrected chi connectivity index (χ1v) is 11.2. The molecule has 0 spiro atoms. The molecule has 33 heavy (non-hydrogen) atoms. The van der Waals surface area contributed by atoms with E-state index >= 15 is 0 Å². The van der Waals surface area contributed by atoms with Crippen LogP contribution in [0.2, 0.25) is 5.02 Å². The number of pyridine rings is 1. The zero-order chi connectivity index (χ0) is 22.6. The van der Waals surface area contributed by atoms with Crippen molar-refractivity contribution < 1.29 is 14.3 Å². The largest absolute Gasteiger partial charge is 0.493 e.